The highest BCUT2D eigenvalue weighted by atomic mass is 14.7. The Labute approximate surface area is 79.2 Å². The molecule has 1 heterocycles. The van der Waals surface area contributed by atoms with Crippen LogP contribution >= 0.6 is 0 Å². The summed E-state index contributed by atoms with van der Waals surface area (Å²) in [7, 11) is 0. The molecule has 13 heavy (non-hydrogen) atoms. The summed E-state index contributed by atoms with van der Waals surface area (Å²) >= 11 is 0. The Morgan fingerprint density at radius 2 is 2.38 bits per heavy atom. The lowest BCUT2D eigenvalue weighted by Crippen LogP contribution is -1.94. The molecule has 69 valence electrons. The molecule has 0 aliphatic rings. The molecular formula is C11H15N2. The minimum atomic E-state index is 0.689. The molecule has 1 radical (unpaired) electrons. The summed E-state index contributed by atoms with van der Waals surface area (Å²) in [5.41, 5.74) is 4.58. The van der Waals surface area contributed by atoms with Crippen LogP contribution in [0, 0.1) is 18.5 Å². The van der Waals surface area contributed by atoms with Crippen molar-refractivity contribution in [1.29, 1.82) is 5.41 Å². The highest BCUT2D eigenvalue weighted by Crippen LogP contribution is 2.15. The fourth-order valence-electron chi connectivity index (χ4n) is 1.38. The van der Waals surface area contributed by atoms with Gasteiger partial charge in [-0.2, -0.15) is 0 Å². The van der Waals surface area contributed by atoms with Crippen molar-refractivity contribution >= 4 is 6.21 Å². The van der Waals surface area contributed by atoms with Crippen LogP contribution in [-0.4, -0.2) is 11.2 Å². The second kappa shape index (κ2) is 4.08. The first-order valence-corrected chi connectivity index (χ1v) is 4.36. The molecule has 0 saturated carbocycles. The lowest BCUT2D eigenvalue weighted by atomic mass is 10.0. The van der Waals surface area contributed by atoms with E-state index in [4.69, 9.17) is 5.41 Å². The van der Waals surface area contributed by atoms with Gasteiger partial charge in [0, 0.05) is 18.5 Å². The zero-order chi connectivity index (χ0) is 9.84. The van der Waals surface area contributed by atoms with Gasteiger partial charge in [0.2, 0.25) is 0 Å². The Morgan fingerprint density at radius 1 is 1.69 bits per heavy atom. The van der Waals surface area contributed by atoms with Gasteiger partial charge in [-0.05, 0) is 31.2 Å². The third-order valence-corrected chi connectivity index (χ3v) is 2.00. The van der Waals surface area contributed by atoms with Crippen molar-refractivity contribution in [3.8, 4) is 0 Å². The van der Waals surface area contributed by atoms with Gasteiger partial charge < -0.3 is 10.4 Å². The molecule has 0 aliphatic carbocycles. The van der Waals surface area contributed by atoms with E-state index in [0.717, 1.165) is 23.3 Å². The van der Waals surface area contributed by atoms with Crippen LogP contribution in [0.5, 0.6) is 0 Å². The molecule has 2 nitrogen and oxygen atoms in total. The van der Waals surface area contributed by atoms with E-state index in [-0.39, 0.29) is 0 Å². The molecule has 1 aromatic heterocycles. The van der Waals surface area contributed by atoms with Gasteiger partial charge in [0.15, 0.2) is 0 Å². The van der Waals surface area contributed by atoms with Crippen molar-refractivity contribution in [2.45, 2.75) is 26.7 Å². The van der Waals surface area contributed by atoms with Gasteiger partial charge in [-0.15, -0.1) is 0 Å². The largest absolute Gasteiger partial charge is 0.356 e. The van der Waals surface area contributed by atoms with E-state index in [2.05, 4.69) is 17.8 Å². The monoisotopic (exact) mass is 175 g/mol. The third kappa shape index (κ3) is 2.31. The second-order valence-electron chi connectivity index (χ2n) is 3.37. The average molecular weight is 175 g/mol. The summed E-state index contributed by atoms with van der Waals surface area (Å²) in [5, 5.41) is 7.08. The normalized spacial score (nSPS) is 10.0. The Balaban J connectivity index is 2.92. The summed E-state index contributed by atoms with van der Waals surface area (Å²) in [5.74, 6) is 0. The van der Waals surface area contributed by atoms with Gasteiger partial charge in [-0.25, -0.2) is 0 Å². The molecule has 0 amide bonds. The van der Waals surface area contributed by atoms with Crippen molar-refractivity contribution in [2.24, 2.45) is 0 Å². The zero-order valence-corrected chi connectivity index (χ0v) is 8.20. The highest BCUT2D eigenvalue weighted by Gasteiger charge is 2.06. The summed E-state index contributed by atoms with van der Waals surface area (Å²) in [6, 6.07) is 0. The molecule has 0 fully saturated rings. The van der Waals surface area contributed by atoms with E-state index in [1.807, 2.05) is 13.8 Å². The molecule has 1 aromatic rings. The van der Waals surface area contributed by atoms with Gasteiger partial charge in [-0.1, -0.05) is 12.2 Å². The van der Waals surface area contributed by atoms with Crippen LogP contribution in [0.3, 0.4) is 0 Å². The quantitative estimate of drug-likeness (QED) is 0.521. The summed E-state index contributed by atoms with van der Waals surface area (Å²) < 4.78 is 0. The summed E-state index contributed by atoms with van der Waals surface area (Å²) in [6.07, 6.45) is 6.02. The van der Waals surface area contributed by atoms with E-state index < -0.39 is 0 Å². The van der Waals surface area contributed by atoms with Gasteiger partial charge in [0.25, 0.3) is 0 Å². The van der Waals surface area contributed by atoms with E-state index in [0.29, 0.717) is 6.42 Å². The van der Waals surface area contributed by atoms with Crippen molar-refractivity contribution in [3.05, 3.63) is 35.2 Å². The number of aromatic amines is 1. The standard InChI is InChI=1S/C11H15N2/c1-8(2)6-11-10(4-5-12)9(3)7-13-11/h5,12-13H,1,4,6H2,2-3H3. The molecule has 0 aromatic carbocycles. The van der Waals surface area contributed by atoms with E-state index in [1.54, 1.807) is 0 Å². The number of allylic oxidation sites excluding steroid dienone is 1. The van der Waals surface area contributed by atoms with Crippen LogP contribution in [0.2, 0.25) is 0 Å². The first-order valence-electron chi connectivity index (χ1n) is 4.36. The number of hydrogen-bond acceptors (Lipinski definition) is 1. The third-order valence-electron chi connectivity index (χ3n) is 2.00. The summed E-state index contributed by atoms with van der Waals surface area (Å²) in [4.78, 5) is 3.10. The molecule has 0 bridgehead atoms. The van der Waals surface area contributed by atoms with Gasteiger partial charge in [0.1, 0.15) is 0 Å². The molecule has 0 aliphatic heterocycles. The Bertz CT molecular complexity index is 321. The topological polar surface area (TPSA) is 39.6 Å². The Hall–Kier alpha value is -1.31. The predicted octanol–water partition coefficient (Wildman–Crippen LogP) is 2.43. The van der Waals surface area contributed by atoms with Gasteiger partial charge in [0.05, 0.1) is 6.20 Å². The predicted molar refractivity (Wildman–Crippen MR) is 55.4 cm³/mol. The molecule has 2 N–H and O–H groups in total. The maximum absolute atomic E-state index is 7.08. The molecule has 2 heteroatoms. The van der Waals surface area contributed by atoms with Crippen LogP contribution in [-0.2, 0) is 12.8 Å². The molecule has 0 unspecified atom stereocenters. The van der Waals surface area contributed by atoms with Gasteiger partial charge >= 0.3 is 0 Å². The fourth-order valence-corrected chi connectivity index (χ4v) is 1.38. The number of aromatic nitrogens is 1. The van der Waals surface area contributed by atoms with Crippen LogP contribution in [0.15, 0.2) is 12.2 Å². The molecular weight excluding hydrogens is 160 g/mol. The first-order chi connectivity index (χ1) is 6.15. The van der Waals surface area contributed by atoms with E-state index in [9.17, 15) is 0 Å². The smallest absolute Gasteiger partial charge is 0.0657 e. The number of nitrogens with one attached hydrogen (secondary N) is 2. The second-order valence-corrected chi connectivity index (χ2v) is 3.37. The van der Waals surface area contributed by atoms with E-state index >= 15 is 0 Å². The minimum absolute atomic E-state index is 0.689. The molecule has 0 saturated heterocycles. The van der Waals surface area contributed by atoms with E-state index in [1.165, 1.54) is 11.8 Å². The fraction of sp³-hybridized carbons (Fsp3) is 0.364. The number of hydrogen-bond donors (Lipinski definition) is 2. The molecule has 0 atom stereocenters. The number of rotatable bonds is 4. The van der Waals surface area contributed by atoms with Crippen LogP contribution in [0.25, 0.3) is 0 Å². The Morgan fingerprint density at radius 3 is 2.92 bits per heavy atom. The van der Waals surface area contributed by atoms with Crippen molar-refractivity contribution < 1.29 is 0 Å². The average Bonchev–Trinajstić information content (AvgIpc) is 2.35. The van der Waals surface area contributed by atoms with Crippen molar-refractivity contribution in [3.63, 3.8) is 0 Å². The SMILES string of the molecule is C=C(C)Cc1[nH][c]c(C)c1CC=N. The lowest BCUT2D eigenvalue weighted by Gasteiger charge is -2.01. The van der Waals surface area contributed by atoms with Crippen LogP contribution < -0.4 is 0 Å². The van der Waals surface area contributed by atoms with Crippen LogP contribution in [0.1, 0.15) is 23.7 Å². The van der Waals surface area contributed by atoms with Crippen molar-refractivity contribution in [2.75, 3.05) is 0 Å². The zero-order valence-electron chi connectivity index (χ0n) is 8.20. The lowest BCUT2D eigenvalue weighted by molar-refractivity contribution is 1.05. The maximum Gasteiger partial charge on any atom is 0.0657 e. The van der Waals surface area contributed by atoms with Gasteiger partial charge in [-0.3, -0.25) is 0 Å². The molecule has 1 rings (SSSR count). The highest BCUT2D eigenvalue weighted by molar-refractivity contribution is 5.59. The number of aryl methyl sites for hydroxylation is 1. The maximum atomic E-state index is 7.08. The molecule has 0 spiro atoms. The number of H-pyrrole nitrogens is 1. The minimum Gasteiger partial charge on any atom is -0.356 e. The first kappa shape index (κ1) is 9.78. The summed E-state index contributed by atoms with van der Waals surface area (Å²) in [6.45, 7) is 7.89. The van der Waals surface area contributed by atoms with Crippen LogP contribution in [0.4, 0.5) is 0 Å². The van der Waals surface area contributed by atoms with Crippen molar-refractivity contribution in [1.82, 2.24) is 4.98 Å². The Kier molecular flexibility index (Phi) is 3.07.